The summed E-state index contributed by atoms with van der Waals surface area (Å²) < 4.78 is 18.1. The normalized spacial score (nSPS) is 10.8. The number of hydrogen-bond acceptors (Lipinski definition) is 5. The summed E-state index contributed by atoms with van der Waals surface area (Å²) in [5.74, 6) is 1.59. The minimum Gasteiger partial charge on any atom is -0.337 e. The predicted molar refractivity (Wildman–Crippen MR) is 104 cm³/mol. The van der Waals surface area contributed by atoms with Gasteiger partial charge in [-0.2, -0.15) is 4.98 Å². The third-order valence-electron chi connectivity index (χ3n) is 3.98. The van der Waals surface area contributed by atoms with Gasteiger partial charge in [-0.1, -0.05) is 47.1 Å². The summed E-state index contributed by atoms with van der Waals surface area (Å²) in [4.78, 5) is 18.2. The molecular formula is C20H20FN3O2S. The second kappa shape index (κ2) is 8.81. The number of carbonyl (C=O) groups is 1. The van der Waals surface area contributed by atoms with Crippen LogP contribution in [0.25, 0.3) is 11.4 Å². The zero-order valence-corrected chi connectivity index (χ0v) is 16.0. The van der Waals surface area contributed by atoms with Gasteiger partial charge in [0.2, 0.25) is 17.6 Å². The van der Waals surface area contributed by atoms with Crippen molar-refractivity contribution >= 4 is 17.7 Å². The van der Waals surface area contributed by atoms with E-state index >= 15 is 0 Å². The summed E-state index contributed by atoms with van der Waals surface area (Å²) in [5.41, 5.74) is 3.02. The van der Waals surface area contributed by atoms with Gasteiger partial charge >= 0.3 is 0 Å². The van der Waals surface area contributed by atoms with Gasteiger partial charge in [-0.15, -0.1) is 11.8 Å². The molecular weight excluding hydrogens is 365 g/mol. The third kappa shape index (κ3) is 5.40. The summed E-state index contributed by atoms with van der Waals surface area (Å²) in [5, 5.41) is 3.98. The van der Waals surface area contributed by atoms with Gasteiger partial charge in [0, 0.05) is 18.4 Å². The lowest BCUT2D eigenvalue weighted by atomic mass is 10.1. The Kier molecular flexibility index (Phi) is 6.24. The smallest absolute Gasteiger partial charge is 0.246 e. The van der Waals surface area contributed by atoms with E-state index in [0.29, 0.717) is 23.2 Å². The van der Waals surface area contributed by atoms with Crippen molar-refractivity contribution in [3.8, 4) is 11.4 Å². The fourth-order valence-electron chi connectivity index (χ4n) is 2.38. The van der Waals surface area contributed by atoms with Crippen LogP contribution in [-0.4, -0.2) is 33.7 Å². The molecule has 1 heterocycles. The highest BCUT2D eigenvalue weighted by Crippen LogP contribution is 2.17. The molecule has 27 heavy (non-hydrogen) atoms. The maximum Gasteiger partial charge on any atom is 0.246 e. The number of aromatic nitrogens is 2. The summed E-state index contributed by atoms with van der Waals surface area (Å²) in [6.45, 7) is 2.27. The zero-order valence-electron chi connectivity index (χ0n) is 15.2. The average Bonchev–Trinajstić information content (AvgIpc) is 3.12. The molecule has 0 radical (unpaired) electrons. The molecule has 3 rings (SSSR count). The molecule has 0 unspecified atom stereocenters. The fourth-order valence-corrected chi connectivity index (χ4v) is 3.30. The van der Waals surface area contributed by atoms with E-state index in [4.69, 9.17) is 4.52 Å². The van der Waals surface area contributed by atoms with E-state index in [2.05, 4.69) is 10.1 Å². The Hall–Kier alpha value is -2.67. The Balaban J connectivity index is 1.49. The number of amides is 1. The maximum atomic E-state index is 12.9. The SMILES string of the molecule is Cc1ccc(-c2noc(CN(C)C(=O)CSCc3ccc(F)cc3)n2)cc1. The first-order valence-corrected chi connectivity index (χ1v) is 9.62. The van der Waals surface area contributed by atoms with E-state index in [-0.39, 0.29) is 18.3 Å². The molecule has 7 heteroatoms. The maximum absolute atomic E-state index is 12.9. The van der Waals surface area contributed by atoms with Gasteiger partial charge in [0.25, 0.3) is 0 Å². The molecule has 0 aliphatic rings. The van der Waals surface area contributed by atoms with Crippen LogP contribution in [-0.2, 0) is 17.1 Å². The predicted octanol–water partition coefficient (Wildman–Crippen LogP) is 4.08. The fraction of sp³-hybridized carbons (Fsp3) is 0.250. The van der Waals surface area contributed by atoms with Crippen molar-refractivity contribution in [1.82, 2.24) is 15.0 Å². The van der Waals surface area contributed by atoms with E-state index in [1.54, 1.807) is 24.1 Å². The number of halogens is 1. The Morgan fingerprint density at radius 1 is 1.15 bits per heavy atom. The van der Waals surface area contributed by atoms with Gasteiger partial charge in [-0.25, -0.2) is 4.39 Å². The Bertz CT molecular complexity index is 894. The number of nitrogens with zero attached hydrogens (tertiary/aromatic N) is 3. The van der Waals surface area contributed by atoms with E-state index in [9.17, 15) is 9.18 Å². The Morgan fingerprint density at radius 2 is 1.85 bits per heavy atom. The van der Waals surface area contributed by atoms with Crippen LogP contribution in [0.4, 0.5) is 4.39 Å². The van der Waals surface area contributed by atoms with Gasteiger partial charge < -0.3 is 9.42 Å². The van der Waals surface area contributed by atoms with Crippen molar-refractivity contribution < 1.29 is 13.7 Å². The highest BCUT2D eigenvalue weighted by atomic mass is 32.2. The number of aryl methyl sites for hydroxylation is 1. The van der Waals surface area contributed by atoms with Crippen LogP contribution in [0.5, 0.6) is 0 Å². The lowest BCUT2D eigenvalue weighted by Crippen LogP contribution is -2.28. The van der Waals surface area contributed by atoms with E-state index in [0.717, 1.165) is 16.7 Å². The molecule has 0 saturated carbocycles. The van der Waals surface area contributed by atoms with Crippen LogP contribution < -0.4 is 0 Å². The molecule has 2 aromatic carbocycles. The Morgan fingerprint density at radius 3 is 2.56 bits per heavy atom. The molecule has 0 saturated heterocycles. The second-order valence-electron chi connectivity index (χ2n) is 6.25. The van der Waals surface area contributed by atoms with E-state index in [1.165, 1.54) is 23.9 Å². The van der Waals surface area contributed by atoms with E-state index in [1.807, 2.05) is 31.2 Å². The van der Waals surface area contributed by atoms with Gasteiger partial charge in [0.05, 0.1) is 12.3 Å². The minimum atomic E-state index is -0.260. The standard InChI is InChI=1S/C20H20FN3O2S/c1-14-3-7-16(8-4-14)20-22-18(26-23-20)11-24(2)19(25)13-27-12-15-5-9-17(21)10-6-15/h3-10H,11-13H2,1-2H3. The number of thioether (sulfide) groups is 1. The first-order valence-electron chi connectivity index (χ1n) is 8.47. The van der Waals surface area contributed by atoms with Gasteiger partial charge in [-0.05, 0) is 24.6 Å². The molecule has 140 valence electrons. The highest BCUT2D eigenvalue weighted by Gasteiger charge is 2.14. The molecule has 0 N–H and O–H groups in total. The highest BCUT2D eigenvalue weighted by molar-refractivity contribution is 7.99. The summed E-state index contributed by atoms with van der Waals surface area (Å²) in [6, 6.07) is 14.1. The van der Waals surface area contributed by atoms with Crippen LogP contribution in [0.15, 0.2) is 53.1 Å². The van der Waals surface area contributed by atoms with Gasteiger partial charge in [-0.3, -0.25) is 4.79 Å². The first-order chi connectivity index (χ1) is 13.0. The molecule has 1 amide bonds. The van der Waals surface area contributed by atoms with Crippen LogP contribution >= 0.6 is 11.8 Å². The average molecular weight is 385 g/mol. The molecule has 0 atom stereocenters. The summed E-state index contributed by atoms with van der Waals surface area (Å²) in [6.07, 6.45) is 0. The third-order valence-corrected chi connectivity index (χ3v) is 4.97. The van der Waals surface area contributed by atoms with Crippen LogP contribution in [0.3, 0.4) is 0 Å². The van der Waals surface area contributed by atoms with E-state index < -0.39 is 0 Å². The second-order valence-corrected chi connectivity index (χ2v) is 7.23. The molecule has 5 nitrogen and oxygen atoms in total. The monoisotopic (exact) mass is 385 g/mol. The van der Waals surface area contributed by atoms with Crippen LogP contribution in [0.1, 0.15) is 17.0 Å². The molecule has 0 bridgehead atoms. The lowest BCUT2D eigenvalue weighted by molar-refractivity contribution is -0.127. The largest absolute Gasteiger partial charge is 0.337 e. The number of hydrogen-bond donors (Lipinski definition) is 0. The lowest BCUT2D eigenvalue weighted by Gasteiger charge is -2.14. The summed E-state index contributed by atoms with van der Waals surface area (Å²) in [7, 11) is 1.70. The van der Waals surface area contributed by atoms with Crippen molar-refractivity contribution in [2.24, 2.45) is 0 Å². The Labute approximate surface area is 161 Å². The van der Waals surface area contributed by atoms with Crippen molar-refractivity contribution in [3.05, 3.63) is 71.4 Å². The van der Waals surface area contributed by atoms with Crippen LogP contribution in [0, 0.1) is 12.7 Å². The molecule has 1 aromatic heterocycles. The number of benzene rings is 2. The number of rotatable bonds is 7. The molecule has 3 aromatic rings. The number of carbonyl (C=O) groups excluding carboxylic acids is 1. The van der Waals surface area contributed by atoms with Gasteiger partial charge in [0.15, 0.2) is 0 Å². The molecule has 0 aliphatic carbocycles. The van der Waals surface area contributed by atoms with Crippen molar-refractivity contribution in [2.75, 3.05) is 12.8 Å². The van der Waals surface area contributed by atoms with Crippen molar-refractivity contribution in [1.29, 1.82) is 0 Å². The van der Waals surface area contributed by atoms with Crippen LogP contribution in [0.2, 0.25) is 0 Å². The minimum absolute atomic E-state index is 0.0304. The molecule has 0 aliphatic heterocycles. The topological polar surface area (TPSA) is 59.2 Å². The molecule has 0 spiro atoms. The van der Waals surface area contributed by atoms with Crippen molar-refractivity contribution in [3.63, 3.8) is 0 Å². The summed E-state index contributed by atoms with van der Waals surface area (Å²) >= 11 is 1.48. The first kappa shape index (κ1) is 19.1. The zero-order chi connectivity index (χ0) is 19.2. The molecule has 0 fully saturated rings. The quantitative estimate of drug-likeness (QED) is 0.613. The van der Waals surface area contributed by atoms with Gasteiger partial charge in [0.1, 0.15) is 5.82 Å². The van der Waals surface area contributed by atoms with Crippen molar-refractivity contribution in [2.45, 2.75) is 19.2 Å².